The summed E-state index contributed by atoms with van der Waals surface area (Å²) in [6.45, 7) is 2.97. The molecule has 130 valence electrons. The largest absolute Gasteiger partial charge is 0.467 e. The highest BCUT2D eigenvalue weighted by Gasteiger charge is 2.15. The van der Waals surface area contributed by atoms with E-state index in [1.165, 1.54) is 5.56 Å². The number of rotatable bonds is 11. The molecule has 0 radical (unpaired) electrons. The Morgan fingerprint density at radius 2 is 2.04 bits per heavy atom. The first kappa shape index (κ1) is 18.2. The maximum Gasteiger partial charge on any atom is 0.236 e. The fraction of sp³-hybridized carbons (Fsp3) is 0.421. The number of nitrogens with zero attached hydrogens (tertiary/aromatic N) is 1. The van der Waals surface area contributed by atoms with E-state index in [-0.39, 0.29) is 5.91 Å². The van der Waals surface area contributed by atoms with Crippen molar-refractivity contribution >= 4 is 5.91 Å². The van der Waals surface area contributed by atoms with E-state index in [0.29, 0.717) is 26.2 Å². The maximum atomic E-state index is 12.5. The van der Waals surface area contributed by atoms with Gasteiger partial charge in [-0.2, -0.15) is 0 Å². The van der Waals surface area contributed by atoms with Crippen LogP contribution in [0.1, 0.15) is 17.7 Å². The van der Waals surface area contributed by atoms with E-state index in [2.05, 4.69) is 17.4 Å². The summed E-state index contributed by atoms with van der Waals surface area (Å²) in [6.07, 6.45) is 3.36. The maximum absolute atomic E-state index is 12.5. The van der Waals surface area contributed by atoms with Crippen LogP contribution in [0.15, 0.2) is 53.1 Å². The van der Waals surface area contributed by atoms with E-state index in [4.69, 9.17) is 9.15 Å². The Kier molecular flexibility index (Phi) is 8.07. The summed E-state index contributed by atoms with van der Waals surface area (Å²) in [7, 11) is 1.68. The highest BCUT2D eigenvalue weighted by Crippen LogP contribution is 2.08. The molecule has 2 rings (SSSR count). The summed E-state index contributed by atoms with van der Waals surface area (Å²) in [4.78, 5) is 14.4. The first-order valence-electron chi connectivity index (χ1n) is 8.33. The number of furan rings is 1. The molecule has 0 atom stereocenters. The second kappa shape index (κ2) is 10.6. The van der Waals surface area contributed by atoms with Gasteiger partial charge in [0.2, 0.25) is 5.91 Å². The van der Waals surface area contributed by atoms with Crippen molar-refractivity contribution in [3.63, 3.8) is 0 Å². The summed E-state index contributed by atoms with van der Waals surface area (Å²) in [5, 5.41) is 3.18. The zero-order valence-corrected chi connectivity index (χ0v) is 14.2. The van der Waals surface area contributed by atoms with E-state index in [1.54, 1.807) is 13.4 Å². The number of hydrogen-bond donors (Lipinski definition) is 1. The molecule has 0 aliphatic carbocycles. The van der Waals surface area contributed by atoms with Crippen molar-refractivity contribution in [2.24, 2.45) is 0 Å². The predicted molar refractivity (Wildman–Crippen MR) is 93.6 cm³/mol. The van der Waals surface area contributed by atoms with Crippen LogP contribution in [0.25, 0.3) is 0 Å². The van der Waals surface area contributed by atoms with Crippen LogP contribution in [0.2, 0.25) is 0 Å². The molecule has 24 heavy (non-hydrogen) atoms. The normalized spacial score (nSPS) is 10.7. The minimum atomic E-state index is 0.0831. The molecule has 1 aromatic carbocycles. The summed E-state index contributed by atoms with van der Waals surface area (Å²) < 4.78 is 10.4. The number of carbonyl (C=O) groups excluding carboxylic acids is 1. The second-order valence-corrected chi connectivity index (χ2v) is 5.65. The smallest absolute Gasteiger partial charge is 0.236 e. The monoisotopic (exact) mass is 330 g/mol. The number of nitrogens with one attached hydrogen (secondary N) is 1. The lowest BCUT2D eigenvalue weighted by Gasteiger charge is -2.22. The SMILES string of the molecule is COCCCNCC(=O)N(CCc1ccccc1)Cc1ccco1. The molecule has 5 heteroatoms. The van der Waals surface area contributed by atoms with E-state index < -0.39 is 0 Å². The molecule has 0 aliphatic rings. The van der Waals surface area contributed by atoms with Crippen molar-refractivity contribution < 1.29 is 13.9 Å². The van der Waals surface area contributed by atoms with Gasteiger partial charge in [-0.3, -0.25) is 4.79 Å². The molecule has 0 aliphatic heterocycles. The van der Waals surface area contributed by atoms with E-state index >= 15 is 0 Å². The van der Waals surface area contributed by atoms with E-state index in [0.717, 1.165) is 25.1 Å². The Morgan fingerprint density at radius 1 is 1.21 bits per heavy atom. The molecule has 0 spiro atoms. The van der Waals surface area contributed by atoms with Crippen LogP contribution in [0.5, 0.6) is 0 Å². The van der Waals surface area contributed by atoms with Gasteiger partial charge in [0.15, 0.2) is 0 Å². The Bertz CT molecular complexity index is 570. The molecule has 1 N–H and O–H groups in total. The molecule has 5 nitrogen and oxygen atoms in total. The third kappa shape index (κ3) is 6.56. The quantitative estimate of drug-likeness (QED) is 0.643. The van der Waals surface area contributed by atoms with Crippen molar-refractivity contribution in [2.45, 2.75) is 19.4 Å². The van der Waals surface area contributed by atoms with Crippen LogP contribution in [0.3, 0.4) is 0 Å². The molecule has 1 amide bonds. The fourth-order valence-corrected chi connectivity index (χ4v) is 2.44. The van der Waals surface area contributed by atoms with Crippen LogP contribution in [0.4, 0.5) is 0 Å². The van der Waals surface area contributed by atoms with Gasteiger partial charge >= 0.3 is 0 Å². The Morgan fingerprint density at radius 3 is 2.75 bits per heavy atom. The molecule has 0 bridgehead atoms. The third-order valence-corrected chi connectivity index (χ3v) is 3.77. The van der Waals surface area contributed by atoms with Crippen LogP contribution >= 0.6 is 0 Å². The van der Waals surface area contributed by atoms with Gasteiger partial charge in [0.25, 0.3) is 0 Å². The van der Waals surface area contributed by atoms with Crippen LogP contribution in [-0.2, 0) is 22.5 Å². The van der Waals surface area contributed by atoms with Crippen LogP contribution in [0, 0.1) is 0 Å². The number of hydrogen-bond acceptors (Lipinski definition) is 4. The van der Waals surface area contributed by atoms with Crippen molar-refractivity contribution in [2.75, 3.05) is 33.4 Å². The molecular weight excluding hydrogens is 304 g/mol. The lowest BCUT2D eigenvalue weighted by atomic mass is 10.1. The van der Waals surface area contributed by atoms with Crippen molar-refractivity contribution in [1.29, 1.82) is 0 Å². The molecule has 1 heterocycles. The Hall–Kier alpha value is -2.11. The van der Waals surface area contributed by atoms with Gasteiger partial charge in [-0.25, -0.2) is 0 Å². The topological polar surface area (TPSA) is 54.7 Å². The van der Waals surface area contributed by atoms with Crippen molar-refractivity contribution in [1.82, 2.24) is 10.2 Å². The molecule has 0 saturated heterocycles. The number of ether oxygens (including phenoxy) is 1. The summed E-state index contributed by atoms with van der Waals surface area (Å²) in [6, 6.07) is 13.9. The van der Waals surface area contributed by atoms with Gasteiger partial charge in [0, 0.05) is 20.3 Å². The number of carbonyl (C=O) groups is 1. The fourth-order valence-electron chi connectivity index (χ4n) is 2.44. The molecular formula is C19H26N2O3. The van der Waals surface area contributed by atoms with Crippen LogP contribution in [-0.4, -0.2) is 44.2 Å². The minimum Gasteiger partial charge on any atom is -0.467 e. The van der Waals surface area contributed by atoms with Crippen molar-refractivity contribution in [3.8, 4) is 0 Å². The van der Waals surface area contributed by atoms with Gasteiger partial charge in [-0.1, -0.05) is 30.3 Å². The lowest BCUT2D eigenvalue weighted by Crippen LogP contribution is -2.39. The van der Waals surface area contributed by atoms with Crippen molar-refractivity contribution in [3.05, 3.63) is 60.1 Å². The Labute approximate surface area is 143 Å². The van der Waals surface area contributed by atoms with Gasteiger partial charge in [0.05, 0.1) is 19.4 Å². The third-order valence-electron chi connectivity index (χ3n) is 3.77. The lowest BCUT2D eigenvalue weighted by molar-refractivity contribution is -0.131. The van der Waals surface area contributed by atoms with Crippen LogP contribution < -0.4 is 5.32 Å². The zero-order valence-electron chi connectivity index (χ0n) is 14.2. The second-order valence-electron chi connectivity index (χ2n) is 5.65. The highest BCUT2D eigenvalue weighted by atomic mass is 16.5. The first-order valence-corrected chi connectivity index (χ1v) is 8.33. The van der Waals surface area contributed by atoms with Gasteiger partial charge < -0.3 is 19.4 Å². The number of amides is 1. The average molecular weight is 330 g/mol. The summed E-state index contributed by atoms with van der Waals surface area (Å²) in [5.41, 5.74) is 1.22. The minimum absolute atomic E-state index is 0.0831. The summed E-state index contributed by atoms with van der Waals surface area (Å²) >= 11 is 0. The molecule has 2 aromatic rings. The van der Waals surface area contributed by atoms with E-state index in [9.17, 15) is 4.79 Å². The standard InChI is InChI=1S/C19H26N2O3/c1-23-13-6-11-20-15-19(22)21(16-18-9-5-14-24-18)12-10-17-7-3-2-4-8-17/h2-5,7-9,14,20H,6,10-13,15-16H2,1H3. The van der Waals surface area contributed by atoms with Gasteiger partial charge in [-0.15, -0.1) is 0 Å². The molecule has 0 fully saturated rings. The Balaban J connectivity index is 1.85. The zero-order chi connectivity index (χ0) is 17.0. The molecule has 0 saturated carbocycles. The number of methoxy groups -OCH3 is 1. The summed E-state index contributed by atoms with van der Waals surface area (Å²) in [5.74, 6) is 0.885. The van der Waals surface area contributed by atoms with E-state index in [1.807, 2.05) is 35.2 Å². The average Bonchev–Trinajstić information content (AvgIpc) is 3.12. The highest BCUT2D eigenvalue weighted by molar-refractivity contribution is 5.78. The predicted octanol–water partition coefficient (Wildman–Crippen LogP) is 2.48. The molecule has 0 unspecified atom stereocenters. The number of benzene rings is 1. The molecule has 1 aromatic heterocycles. The van der Waals surface area contributed by atoms with Gasteiger partial charge in [-0.05, 0) is 37.1 Å². The van der Waals surface area contributed by atoms with Gasteiger partial charge in [0.1, 0.15) is 5.76 Å². The first-order chi connectivity index (χ1) is 11.8.